The third-order valence-corrected chi connectivity index (χ3v) is 7.92. The van der Waals surface area contributed by atoms with Gasteiger partial charge in [-0.3, -0.25) is 0 Å². The molecule has 3 aromatic rings. The van der Waals surface area contributed by atoms with E-state index >= 15 is 0 Å². The van der Waals surface area contributed by atoms with Crippen molar-refractivity contribution in [2.24, 2.45) is 5.92 Å². The molecular formula is C37H46O7. The van der Waals surface area contributed by atoms with Gasteiger partial charge in [-0.25, -0.2) is 4.79 Å². The topological polar surface area (TPSA) is 72.5 Å². The monoisotopic (exact) mass is 602 g/mol. The van der Waals surface area contributed by atoms with Gasteiger partial charge in [0.2, 0.25) is 0 Å². The number of benzene rings is 3. The number of ether oxygens (including phenoxy) is 6. The largest absolute Gasteiger partial charge is 0.497 e. The lowest BCUT2D eigenvalue weighted by molar-refractivity contribution is -0.171. The van der Waals surface area contributed by atoms with E-state index < -0.39 is 11.9 Å². The summed E-state index contributed by atoms with van der Waals surface area (Å²) in [5.74, 6) is -0.268. The minimum atomic E-state index is -0.497. The van der Waals surface area contributed by atoms with Crippen LogP contribution >= 0.6 is 0 Å². The maximum atomic E-state index is 13.2. The molecule has 1 saturated heterocycles. The first kappa shape index (κ1) is 33.4. The fraction of sp³-hybridized carbons (Fsp3) is 0.432. The van der Waals surface area contributed by atoms with Crippen molar-refractivity contribution < 1.29 is 33.2 Å². The van der Waals surface area contributed by atoms with Crippen molar-refractivity contribution in [2.75, 3.05) is 26.9 Å². The smallest absolute Gasteiger partial charge is 0.338 e. The van der Waals surface area contributed by atoms with Crippen LogP contribution in [0.25, 0.3) is 0 Å². The lowest BCUT2D eigenvalue weighted by Gasteiger charge is -2.26. The minimum Gasteiger partial charge on any atom is -0.497 e. The fourth-order valence-electron chi connectivity index (χ4n) is 5.18. The zero-order valence-corrected chi connectivity index (χ0v) is 26.2. The second kappa shape index (κ2) is 17.7. The lowest BCUT2D eigenvalue weighted by Crippen LogP contribution is -2.31. The predicted octanol–water partition coefficient (Wildman–Crippen LogP) is 7.54. The highest BCUT2D eigenvalue weighted by molar-refractivity contribution is 5.89. The van der Waals surface area contributed by atoms with E-state index in [0.717, 1.165) is 29.7 Å². The van der Waals surface area contributed by atoms with Crippen LogP contribution in [0, 0.1) is 5.92 Å². The highest BCUT2D eigenvalue weighted by Crippen LogP contribution is 2.31. The van der Waals surface area contributed by atoms with Crippen LogP contribution in [0.5, 0.6) is 5.75 Å². The predicted molar refractivity (Wildman–Crippen MR) is 170 cm³/mol. The fourth-order valence-corrected chi connectivity index (χ4v) is 5.18. The molecule has 1 aliphatic heterocycles. The maximum absolute atomic E-state index is 13.2. The van der Waals surface area contributed by atoms with Gasteiger partial charge in [-0.15, -0.1) is 0 Å². The SMILES string of the molecule is CCC1(CC)OC[C@H](C/C=C\[C@@H](COCc2ccc(OC)cc2)[C@H](CCOCc2ccccc2)OC(=O)c2ccccc2)O1. The van der Waals surface area contributed by atoms with Gasteiger partial charge in [0, 0.05) is 12.3 Å². The third-order valence-electron chi connectivity index (χ3n) is 7.92. The van der Waals surface area contributed by atoms with Crippen LogP contribution in [0.3, 0.4) is 0 Å². The summed E-state index contributed by atoms with van der Waals surface area (Å²) in [5.41, 5.74) is 2.64. The van der Waals surface area contributed by atoms with E-state index in [1.165, 1.54) is 0 Å². The second-order valence-corrected chi connectivity index (χ2v) is 11.0. The third kappa shape index (κ3) is 10.3. The van der Waals surface area contributed by atoms with E-state index in [1.54, 1.807) is 19.2 Å². The van der Waals surface area contributed by atoms with E-state index in [1.807, 2.05) is 72.8 Å². The molecule has 236 valence electrons. The molecule has 1 heterocycles. The average Bonchev–Trinajstić information content (AvgIpc) is 3.50. The van der Waals surface area contributed by atoms with Crippen molar-refractivity contribution in [3.63, 3.8) is 0 Å². The van der Waals surface area contributed by atoms with E-state index in [2.05, 4.69) is 26.0 Å². The summed E-state index contributed by atoms with van der Waals surface area (Å²) >= 11 is 0. The Morgan fingerprint density at radius 3 is 2.23 bits per heavy atom. The summed E-state index contributed by atoms with van der Waals surface area (Å²) in [6.45, 7) is 6.44. The number of hydrogen-bond donors (Lipinski definition) is 0. The highest BCUT2D eigenvalue weighted by atomic mass is 16.7. The summed E-state index contributed by atoms with van der Waals surface area (Å²) in [4.78, 5) is 13.2. The van der Waals surface area contributed by atoms with Crippen molar-refractivity contribution in [3.8, 4) is 5.75 Å². The number of carbonyl (C=O) groups is 1. The van der Waals surface area contributed by atoms with Gasteiger partial charge < -0.3 is 28.4 Å². The maximum Gasteiger partial charge on any atom is 0.338 e. The molecule has 0 amide bonds. The summed E-state index contributed by atoms with van der Waals surface area (Å²) < 4.78 is 35.9. The van der Waals surface area contributed by atoms with Gasteiger partial charge in [0.15, 0.2) is 5.79 Å². The molecule has 0 N–H and O–H groups in total. The number of methoxy groups -OCH3 is 1. The average molecular weight is 603 g/mol. The van der Waals surface area contributed by atoms with Crippen molar-refractivity contribution in [1.29, 1.82) is 0 Å². The van der Waals surface area contributed by atoms with Crippen LogP contribution in [0.2, 0.25) is 0 Å². The Labute approximate surface area is 262 Å². The number of carbonyl (C=O) groups excluding carboxylic acids is 1. The van der Waals surface area contributed by atoms with Gasteiger partial charge in [-0.1, -0.05) is 86.7 Å². The first-order valence-electron chi connectivity index (χ1n) is 15.6. The van der Waals surface area contributed by atoms with Gasteiger partial charge in [0.25, 0.3) is 0 Å². The van der Waals surface area contributed by atoms with Crippen molar-refractivity contribution in [1.82, 2.24) is 0 Å². The molecule has 3 atom stereocenters. The van der Waals surface area contributed by atoms with Crippen LogP contribution in [0.1, 0.15) is 61.0 Å². The summed E-state index contributed by atoms with van der Waals surface area (Å²) in [5, 5.41) is 0. The van der Waals surface area contributed by atoms with Crippen molar-refractivity contribution >= 4 is 5.97 Å². The first-order valence-corrected chi connectivity index (χ1v) is 15.6. The summed E-state index contributed by atoms with van der Waals surface area (Å²) in [7, 11) is 1.65. The molecule has 1 aliphatic rings. The zero-order chi connectivity index (χ0) is 31.0. The summed E-state index contributed by atoms with van der Waals surface area (Å²) in [6.07, 6.45) is 6.55. The molecule has 7 nitrogen and oxygen atoms in total. The molecule has 7 heteroatoms. The molecule has 0 saturated carbocycles. The second-order valence-electron chi connectivity index (χ2n) is 11.0. The molecule has 0 unspecified atom stereocenters. The number of rotatable bonds is 18. The normalized spacial score (nSPS) is 17.4. The quantitative estimate of drug-likeness (QED) is 0.0846. The Hall–Kier alpha value is -3.49. The standard InChI is InChI=1S/C37H46O7/c1-4-37(5-2)42-28-34(44-37)18-12-17-32(27-41-26-30-19-21-33(39-3)22-20-30)35(43-36(38)31-15-10-7-11-16-31)23-24-40-25-29-13-8-6-9-14-29/h6-17,19-22,32,34-35H,4-5,18,23-28H2,1-3H3/b17-12-/t32-,34-,35-/m0/s1. The Morgan fingerprint density at radius 1 is 0.909 bits per heavy atom. The van der Waals surface area contributed by atoms with Gasteiger partial charge >= 0.3 is 5.97 Å². The zero-order valence-electron chi connectivity index (χ0n) is 26.2. The van der Waals surface area contributed by atoms with Crippen LogP contribution in [-0.4, -0.2) is 50.9 Å². The molecule has 44 heavy (non-hydrogen) atoms. The minimum absolute atomic E-state index is 0.0217. The van der Waals surface area contributed by atoms with Crippen molar-refractivity contribution in [2.45, 2.75) is 70.7 Å². The Bertz CT molecular complexity index is 1260. The number of esters is 1. The summed E-state index contributed by atoms with van der Waals surface area (Å²) in [6, 6.07) is 26.9. The Kier molecular flexibility index (Phi) is 13.4. The van der Waals surface area contributed by atoms with Crippen LogP contribution in [0.4, 0.5) is 0 Å². The van der Waals surface area contributed by atoms with Gasteiger partial charge in [0.05, 0.1) is 51.8 Å². The number of hydrogen-bond acceptors (Lipinski definition) is 7. The van der Waals surface area contributed by atoms with E-state index in [9.17, 15) is 4.79 Å². The van der Waals surface area contributed by atoms with Crippen LogP contribution in [-0.2, 0) is 36.9 Å². The molecule has 0 radical (unpaired) electrons. The molecule has 4 rings (SSSR count). The van der Waals surface area contributed by atoms with E-state index in [4.69, 9.17) is 28.4 Å². The molecule has 1 fully saturated rings. The van der Waals surface area contributed by atoms with Crippen molar-refractivity contribution in [3.05, 3.63) is 114 Å². The van der Waals surface area contributed by atoms with Gasteiger partial charge in [-0.2, -0.15) is 0 Å². The van der Waals surface area contributed by atoms with Crippen LogP contribution in [0.15, 0.2) is 97.1 Å². The van der Waals surface area contributed by atoms with Gasteiger partial charge in [-0.05, 0) is 54.7 Å². The Balaban J connectivity index is 1.46. The molecule has 0 aliphatic carbocycles. The van der Waals surface area contributed by atoms with Crippen LogP contribution < -0.4 is 4.74 Å². The van der Waals surface area contributed by atoms with Gasteiger partial charge in [0.1, 0.15) is 11.9 Å². The Morgan fingerprint density at radius 2 is 1.57 bits per heavy atom. The highest BCUT2D eigenvalue weighted by Gasteiger charge is 2.37. The van der Waals surface area contributed by atoms with E-state index in [-0.39, 0.29) is 18.0 Å². The molecule has 3 aromatic carbocycles. The van der Waals surface area contributed by atoms with E-state index in [0.29, 0.717) is 51.4 Å². The lowest BCUT2D eigenvalue weighted by atomic mass is 9.99. The molecule has 0 spiro atoms. The first-order chi connectivity index (χ1) is 21.5. The molecule has 0 aromatic heterocycles. The molecular weight excluding hydrogens is 556 g/mol. The molecule has 0 bridgehead atoms.